The highest BCUT2D eigenvalue weighted by Crippen LogP contribution is 2.30. The van der Waals surface area contributed by atoms with Gasteiger partial charge in [0.2, 0.25) is 5.65 Å². The van der Waals surface area contributed by atoms with Crippen LogP contribution in [0.4, 0.5) is 5.69 Å². The number of likely N-dealkylation sites (tertiary alicyclic amines) is 1. The van der Waals surface area contributed by atoms with Crippen molar-refractivity contribution < 1.29 is 0 Å². The summed E-state index contributed by atoms with van der Waals surface area (Å²) in [7, 11) is 0. The zero-order valence-corrected chi connectivity index (χ0v) is 15.3. The summed E-state index contributed by atoms with van der Waals surface area (Å²) in [6.07, 6.45) is 13.6. The maximum atomic E-state index is 4.52. The van der Waals surface area contributed by atoms with Crippen molar-refractivity contribution in [2.75, 3.05) is 18.4 Å². The first-order chi connectivity index (χ1) is 12.3. The van der Waals surface area contributed by atoms with Gasteiger partial charge in [-0.2, -0.15) is 9.61 Å². The topological polar surface area (TPSA) is 58.3 Å². The minimum absolute atomic E-state index is 0.741. The Bertz CT molecular complexity index is 690. The van der Waals surface area contributed by atoms with Crippen molar-refractivity contribution in [3.8, 4) is 0 Å². The number of aryl methyl sites for hydroxylation is 1. The van der Waals surface area contributed by atoms with Crippen LogP contribution in [0.2, 0.25) is 0 Å². The van der Waals surface area contributed by atoms with Crippen LogP contribution in [0.3, 0.4) is 0 Å². The molecule has 6 nitrogen and oxygen atoms in total. The number of hydrogen-bond donors (Lipinski definition) is 1. The van der Waals surface area contributed by atoms with Crippen molar-refractivity contribution in [1.29, 1.82) is 0 Å². The van der Waals surface area contributed by atoms with Crippen molar-refractivity contribution in [3.05, 3.63) is 18.1 Å². The van der Waals surface area contributed by atoms with Crippen molar-refractivity contribution in [3.63, 3.8) is 0 Å². The van der Waals surface area contributed by atoms with E-state index in [4.69, 9.17) is 0 Å². The van der Waals surface area contributed by atoms with Crippen molar-refractivity contribution in [1.82, 2.24) is 24.7 Å². The van der Waals surface area contributed by atoms with Crippen LogP contribution in [-0.4, -0.2) is 49.9 Å². The molecule has 2 aromatic rings. The zero-order valence-electron chi connectivity index (χ0n) is 15.3. The average Bonchev–Trinajstić information content (AvgIpc) is 3.33. The summed E-state index contributed by atoms with van der Waals surface area (Å²) in [5, 5.41) is 16.4. The lowest BCUT2D eigenvalue weighted by Gasteiger charge is -2.40. The van der Waals surface area contributed by atoms with Gasteiger partial charge in [-0.1, -0.05) is 26.2 Å². The van der Waals surface area contributed by atoms with E-state index in [1.165, 1.54) is 57.9 Å². The first kappa shape index (κ1) is 16.8. The second kappa shape index (κ2) is 7.68. The van der Waals surface area contributed by atoms with E-state index >= 15 is 0 Å². The second-order valence-electron chi connectivity index (χ2n) is 7.54. The highest BCUT2D eigenvalue weighted by molar-refractivity contribution is 5.66. The molecule has 25 heavy (non-hydrogen) atoms. The van der Waals surface area contributed by atoms with Crippen molar-refractivity contribution in [2.45, 2.75) is 76.8 Å². The van der Waals surface area contributed by atoms with Gasteiger partial charge in [-0.15, -0.1) is 10.2 Å². The lowest BCUT2D eigenvalue weighted by molar-refractivity contribution is 0.0933. The third-order valence-corrected chi connectivity index (χ3v) is 5.94. The van der Waals surface area contributed by atoms with Gasteiger partial charge in [0.15, 0.2) is 0 Å². The summed E-state index contributed by atoms with van der Waals surface area (Å²) in [5.74, 6) is 0. The molecule has 4 rings (SSSR count). The van der Waals surface area contributed by atoms with Gasteiger partial charge >= 0.3 is 0 Å². The van der Waals surface area contributed by atoms with Crippen LogP contribution >= 0.6 is 0 Å². The fourth-order valence-corrected chi connectivity index (χ4v) is 4.60. The molecular weight excluding hydrogens is 312 g/mol. The quantitative estimate of drug-likeness (QED) is 0.873. The standard InChI is InChI=1S/C19H30N6/c1-2-15-13-18(19-22-21-14-25(19)23-15)20-11-10-17-9-5-6-12-24(17)16-7-3-4-8-16/h13-14,16-17,20H,2-12H2,1H3. The van der Waals surface area contributed by atoms with Crippen molar-refractivity contribution in [2.24, 2.45) is 0 Å². The predicted octanol–water partition coefficient (Wildman–Crippen LogP) is 3.29. The summed E-state index contributed by atoms with van der Waals surface area (Å²) in [6.45, 7) is 4.42. The van der Waals surface area contributed by atoms with E-state index < -0.39 is 0 Å². The molecule has 0 amide bonds. The Morgan fingerprint density at radius 1 is 1.16 bits per heavy atom. The molecule has 1 unspecified atom stereocenters. The Morgan fingerprint density at radius 3 is 2.84 bits per heavy atom. The number of fused-ring (bicyclic) bond motifs is 1. The number of aromatic nitrogens is 4. The zero-order chi connectivity index (χ0) is 17.1. The van der Waals surface area contributed by atoms with Crippen LogP contribution in [0.25, 0.3) is 5.65 Å². The van der Waals surface area contributed by atoms with E-state index in [-0.39, 0.29) is 0 Å². The van der Waals surface area contributed by atoms with E-state index in [1.807, 2.05) is 0 Å². The van der Waals surface area contributed by atoms with Crippen LogP contribution in [0.1, 0.15) is 64.0 Å². The van der Waals surface area contributed by atoms with Crippen LogP contribution in [0.5, 0.6) is 0 Å². The number of hydrogen-bond acceptors (Lipinski definition) is 5. The molecular formula is C19H30N6. The molecule has 0 bridgehead atoms. The van der Waals surface area contributed by atoms with E-state index in [1.54, 1.807) is 10.8 Å². The normalized spacial score (nSPS) is 22.7. The van der Waals surface area contributed by atoms with Gasteiger partial charge in [0.05, 0.1) is 11.4 Å². The molecule has 0 spiro atoms. The summed E-state index contributed by atoms with van der Waals surface area (Å²) < 4.78 is 1.78. The number of piperidine rings is 1. The number of rotatable bonds is 6. The third-order valence-electron chi connectivity index (χ3n) is 5.94. The van der Waals surface area contributed by atoms with Crippen molar-refractivity contribution >= 4 is 11.3 Å². The first-order valence-corrected chi connectivity index (χ1v) is 10.0. The average molecular weight is 342 g/mol. The summed E-state index contributed by atoms with van der Waals surface area (Å²) in [4.78, 5) is 2.83. The maximum Gasteiger partial charge on any atom is 0.200 e. The van der Waals surface area contributed by atoms with Gasteiger partial charge in [-0.3, -0.25) is 4.90 Å². The largest absolute Gasteiger partial charge is 0.382 e. The van der Waals surface area contributed by atoms with Gasteiger partial charge in [0.25, 0.3) is 0 Å². The Hall–Kier alpha value is -1.69. The Kier molecular flexibility index (Phi) is 5.15. The van der Waals surface area contributed by atoms with Gasteiger partial charge < -0.3 is 5.32 Å². The van der Waals surface area contributed by atoms with Gasteiger partial charge in [0, 0.05) is 18.6 Å². The summed E-state index contributed by atoms with van der Waals surface area (Å²) >= 11 is 0. The molecule has 0 radical (unpaired) electrons. The number of anilines is 1. The van der Waals surface area contributed by atoms with Gasteiger partial charge in [-0.25, -0.2) is 0 Å². The first-order valence-electron chi connectivity index (χ1n) is 10.0. The van der Waals surface area contributed by atoms with Crippen LogP contribution in [0, 0.1) is 0 Å². The van der Waals surface area contributed by atoms with Crippen LogP contribution in [0.15, 0.2) is 12.4 Å². The highest BCUT2D eigenvalue weighted by atomic mass is 15.3. The Balaban J connectivity index is 1.40. The van der Waals surface area contributed by atoms with E-state index in [2.05, 4.69) is 38.5 Å². The third kappa shape index (κ3) is 3.64. The predicted molar refractivity (Wildman–Crippen MR) is 99.9 cm³/mol. The molecule has 1 aliphatic carbocycles. The molecule has 136 valence electrons. The van der Waals surface area contributed by atoms with Crippen LogP contribution < -0.4 is 5.32 Å². The summed E-state index contributed by atoms with van der Waals surface area (Å²) in [5.41, 5.74) is 2.96. The number of nitrogens with zero attached hydrogens (tertiary/aromatic N) is 5. The molecule has 3 heterocycles. The van der Waals surface area contributed by atoms with E-state index in [0.717, 1.165) is 42.1 Å². The molecule has 0 aromatic carbocycles. The Morgan fingerprint density at radius 2 is 2.00 bits per heavy atom. The molecule has 2 aromatic heterocycles. The van der Waals surface area contributed by atoms with E-state index in [9.17, 15) is 0 Å². The molecule has 1 N–H and O–H groups in total. The van der Waals surface area contributed by atoms with Gasteiger partial charge in [-0.05, 0) is 51.1 Å². The monoisotopic (exact) mass is 342 g/mol. The molecule has 1 saturated heterocycles. The Labute approximate surface area is 150 Å². The number of nitrogens with one attached hydrogen (secondary N) is 1. The molecule has 2 aliphatic rings. The minimum atomic E-state index is 0.741. The molecule has 1 saturated carbocycles. The minimum Gasteiger partial charge on any atom is -0.382 e. The second-order valence-corrected chi connectivity index (χ2v) is 7.54. The maximum absolute atomic E-state index is 4.52. The smallest absolute Gasteiger partial charge is 0.200 e. The lowest BCUT2D eigenvalue weighted by Crippen LogP contribution is -2.45. The van der Waals surface area contributed by atoms with Gasteiger partial charge in [0.1, 0.15) is 6.33 Å². The molecule has 2 fully saturated rings. The fourth-order valence-electron chi connectivity index (χ4n) is 4.60. The molecule has 1 atom stereocenters. The SMILES string of the molecule is CCc1cc(NCCC2CCCCN2C2CCCC2)c2nncn2n1. The van der Waals surface area contributed by atoms with E-state index in [0.29, 0.717) is 0 Å². The molecule has 6 heteroatoms. The highest BCUT2D eigenvalue weighted by Gasteiger charge is 2.30. The fraction of sp³-hybridized carbons (Fsp3) is 0.737. The van der Waals surface area contributed by atoms with Crippen LogP contribution in [-0.2, 0) is 6.42 Å². The molecule has 1 aliphatic heterocycles. The summed E-state index contributed by atoms with van der Waals surface area (Å²) in [6, 6.07) is 3.71. The lowest BCUT2D eigenvalue weighted by atomic mass is 9.96.